The van der Waals surface area contributed by atoms with Crippen molar-refractivity contribution in [2.24, 2.45) is 0 Å². The molecule has 0 bridgehead atoms. The molecule has 26 heavy (non-hydrogen) atoms. The fourth-order valence-electron chi connectivity index (χ4n) is 4.33. The van der Waals surface area contributed by atoms with Crippen LogP contribution in [0.25, 0.3) is 10.8 Å². The van der Waals surface area contributed by atoms with Crippen molar-refractivity contribution in [1.82, 2.24) is 4.90 Å². The molecule has 1 fully saturated rings. The lowest BCUT2D eigenvalue weighted by atomic mass is 9.68. The molecule has 3 rings (SSSR count). The summed E-state index contributed by atoms with van der Waals surface area (Å²) in [7, 11) is 0. The third-order valence-corrected chi connectivity index (χ3v) is 5.94. The number of hydrogen-bond acceptors (Lipinski definition) is 3. The Bertz CT molecular complexity index is 725. The summed E-state index contributed by atoms with van der Waals surface area (Å²) in [6, 6.07) is 14.7. The minimum absolute atomic E-state index is 0.0271. The molecule has 0 atom stereocenters. The molecule has 3 nitrogen and oxygen atoms in total. The van der Waals surface area contributed by atoms with Gasteiger partial charge in [0.15, 0.2) is 0 Å². The molecule has 3 heteroatoms. The van der Waals surface area contributed by atoms with Crippen molar-refractivity contribution in [2.45, 2.75) is 51.4 Å². The first kappa shape index (κ1) is 18.9. The van der Waals surface area contributed by atoms with Gasteiger partial charge >= 0.3 is 5.97 Å². The lowest BCUT2D eigenvalue weighted by Crippen LogP contribution is -2.40. The average Bonchev–Trinajstić information content (AvgIpc) is 2.71. The van der Waals surface area contributed by atoms with Gasteiger partial charge in [0, 0.05) is 6.54 Å². The van der Waals surface area contributed by atoms with Crippen LogP contribution in [0.4, 0.5) is 0 Å². The Kier molecular flexibility index (Phi) is 6.31. The lowest BCUT2D eigenvalue weighted by molar-refractivity contribution is -0.152. The van der Waals surface area contributed by atoms with E-state index in [4.69, 9.17) is 4.74 Å². The van der Waals surface area contributed by atoms with Crippen LogP contribution < -0.4 is 0 Å². The van der Waals surface area contributed by atoms with E-state index in [1.165, 1.54) is 17.2 Å². The number of likely N-dealkylation sites (N-methyl/N-ethyl adjacent to an activating group) is 1. The largest absolute Gasteiger partial charge is 0.464 e. The summed E-state index contributed by atoms with van der Waals surface area (Å²) in [4.78, 5) is 15.6. The molecule has 0 unspecified atom stereocenters. The van der Waals surface area contributed by atoms with Crippen molar-refractivity contribution < 1.29 is 9.53 Å². The Morgan fingerprint density at radius 3 is 2.42 bits per heavy atom. The average molecular weight is 354 g/mol. The molecule has 140 valence electrons. The van der Waals surface area contributed by atoms with Crippen LogP contribution in [0.3, 0.4) is 0 Å². The van der Waals surface area contributed by atoms with Crippen LogP contribution in [0.5, 0.6) is 0 Å². The maximum Gasteiger partial charge on any atom is 0.316 e. The van der Waals surface area contributed by atoms with Crippen LogP contribution in [-0.2, 0) is 14.9 Å². The van der Waals surface area contributed by atoms with Crippen molar-refractivity contribution in [3.63, 3.8) is 0 Å². The molecule has 0 saturated heterocycles. The molecule has 0 aromatic heterocycles. The second-order valence-corrected chi connectivity index (χ2v) is 7.33. The van der Waals surface area contributed by atoms with Gasteiger partial charge in [0.1, 0.15) is 6.61 Å². The number of carbonyl (C=O) groups is 1. The van der Waals surface area contributed by atoms with Gasteiger partial charge < -0.3 is 9.64 Å². The zero-order valence-electron chi connectivity index (χ0n) is 16.2. The van der Waals surface area contributed by atoms with Crippen molar-refractivity contribution in [3.8, 4) is 0 Å². The summed E-state index contributed by atoms with van der Waals surface area (Å²) in [5.41, 5.74) is 0.672. The summed E-state index contributed by atoms with van der Waals surface area (Å²) < 4.78 is 5.84. The lowest BCUT2D eigenvalue weighted by Gasteiger charge is -2.36. The Labute approximate surface area is 157 Å². The number of hydrogen-bond donors (Lipinski definition) is 0. The molecule has 0 amide bonds. The molecule has 0 heterocycles. The molecule has 2 aromatic rings. The smallest absolute Gasteiger partial charge is 0.316 e. The number of nitrogens with zero attached hydrogens (tertiary/aromatic N) is 1. The highest BCUT2D eigenvalue weighted by Crippen LogP contribution is 2.43. The van der Waals surface area contributed by atoms with E-state index in [0.29, 0.717) is 6.61 Å². The highest BCUT2D eigenvalue weighted by atomic mass is 16.5. The standard InChI is InChI=1S/C23H31NO2/c1-3-24(4-2)17-18-26-22(25)23(15-8-5-9-16-23)21-14-10-12-19-11-6-7-13-20(19)21/h6-7,10-14H,3-5,8-9,15-18H2,1-2H3. The van der Waals surface area contributed by atoms with E-state index < -0.39 is 5.41 Å². The number of esters is 1. The van der Waals surface area contributed by atoms with E-state index in [1.807, 2.05) is 0 Å². The van der Waals surface area contributed by atoms with E-state index in [-0.39, 0.29) is 5.97 Å². The predicted molar refractivity (Wildman–Crippen MR) is 107 cm³/mol. The Hall–Kier alpha value is -1.87. The topological polar surface area (TPSA) is 29.5 Å². The van der Waals surface area contributed by atoms with Crippen LogP contribution >= 0.6 is 0 Å². The quantitative estimate of drug-likeness (QED) is 0.661. The predicted octanol–water partition coefficient (Wildman–Crippen LogP) is 4.93. The highest BCUT2D eigenvalue weighted by Gasteiger charge is 2.43. The van der Waals surface area contributed by atoms with Crippen molar-refractivity contribution in [1.29, 1.82) is 0 Å². The summed E-state index contributed by atoms with van der Waals surface area (Å²) in [6.07, 6.45) is 5.18. The van der Waals surface area contributed by atoms with E-state index in [9.17, 15) is 4.79 Å². The van der Waals surface area contributed by atoms with Crippen LogP contribution in [0, 0.1) is 0 Å². The molecular weight excluding hydrogens is 322 g/mol. The molecule has 0 aliphatic heterocycles. The van der Waals surface area contributed by atoms with Gasteiger partial charge in [0.05, 0.1) is 5.41 Å². The van der Waals surface area contributed by atoms with Crippen molar-refractivity contribution in [2.75, 3.05) is 26.2 Å². The van der Waals surface area contributed by atoms with Crippen LogP contribution in [0.15, 0.2) is 42.5 Å². The third kappa shape index (κ3) is 3.78. The normalized spacial score (nSPS) is 16.7. The fraction of sp³-hybridized carbons (Fsp3) is 0.522. The number of fused-ring (bicyclic) bond motifs is 1. The molecule has 0 spiro atoms. The van der Waals surface area contributed by atoms with Gasteiger partial charge in [-0.1, -0.05) is 75.6 Å². The van der Waals surface area contributed by atoms with Gasteiger partial charge in [0.2, 0.25) is 0 Å². The fourth-order valence-corrected chi connectivity index (χ4v) is 4.33. The minimum Gasteiger partial charge on any atom is -0.464 e. The highest BCUT2D eigenvalue weighted by molar-refractivity contribution is 5.93. The van der Waals surface area contributed by atoms with Crippen LogP contribution in [-0.4, -0.2) is 37.1 Å². The molecule has 0 N–H and O–H groups in total. The monoisotopic (exact) mass is 353 g/mol. The van der Waals surface area contributed by atoms with Gasteiger partial charge in [-0.2, -0.15) is 0 Å². The second kappa shape index (κ2) is 8.68. The maximum absolute atomic E-state index is 13.3. The van der Waals surface area contributed by atoms with E-state index >= 15 is 0 Å². The molecule has 1 aliphatic rings. The first-order chi connectivity index (χ1) is 12.7. The molecule has 1 aliphatic carbocycles. The molecule has 0 radical (unpaired) electrons. The summed E-state index contributed by atoms with van der Waals surface area (Å²) in [6.45, 7) is 7.55. The first-order valence-corrected chi connectivity index (χ1v) is 10.1. The van der Waals surface area contributed by atoms with Gasteiger partial charge in [-0.05, 0) is 42.3 Å². The van der Waals surface area contributed by atoms with Gasteiger partial charge in [-0.15, -0.1) is 0 Å². The molecule has 1 saturated carbocycles. The van der Waals surface area contributed by atoms with Crippen molar-refractivity contribution >= 4 is 16.7 Å². The van der Waals surface area contributed by atoms with Gasteiger partial charge in [0.25, 0.3) is 0 Å². The van der Waals surface area contributed by atoms with Crippen LogP contribution in [0.1, 0.15) is 51.5 Å². The Balaban J connectivity index is 1.88. The van der Waals surface area contributed by atoms with E-state index in [0.717, 1.165) is 50.9 Å². The summed E-state index contributed by atoms with van der Waals surface area (Å²) in [5.74, 6) is -0.0271. The number of rotatable bonds is 7. The summed E-state index contributed by atoms with van der Waals surface area (Å²) >= 11 is 0. The zero-order chi connectivity index (χ0) is 18.4. The SMILES string of the molecule is CCN(CC)CCOC(=O)C1(c2cccc3ccccc23)CCCCC1. The number of benzene rings is 2. The van der Waals surface area contributed by atoms with Gasteiger partial charge in [-0.3, -0.25) is 4.79 Å². The number of ether oxygens (including phenoxy) is 1. The molecule has 2 aromatic carbocycles. The van der Waals surface area contributed by atoms with E-state index in [1.54, 1.807) is 0 Å². The molecular formula is C23H31NO2. The first-order valence-electron chi connectivity index (χ1n) is 10.1. The number of carbonyl (C=O) groups excluding carboxylic acids is 1. The Morgan fingerprint density at radius 1 is 1.00 bits per heavy atom. The van der Waals surface area contributed by atoms with Crippen LogP contribution in [0.2, 0.25) is 0 Å². The van der Waals surface area contributed by atoms with Gasteiger partial charge in [-0.25, -0.2) is 0 Å². The minimum atomic E-state index is -0.484. The van der Waals surface area contributed by atoms with E-state index in [2.05, 4.69) is 61.2 Å². The summed E-state index contributed by atoms with van der Waals surface area (Å²) in [5, 5.41) is 2.39. The second-order valence-electron chi connectivity index (χ2n) is 7.33. The Morgan fingerprint density at radius 2 is 1.69 bits per heavy atom. The zero-order valence-corrected chi connectivity index (χ0v) is 16.2. The maximum atomic E-state index is 13.3. The third-order valence-electron chi connectivity index (χ3n) is 5.94. The van der Waals surface area contributed by atoms with Crippen molar-refractivity contribution in [3.05, 3.63) is 48.0 Å².